The van der Waals surface area contributed by atoms with Crippen LogP contribution in [0.2, 0.25) is 0 Å². The maximum atomic E-state index is 13.7. The summed E-state index contributed by atoms with van der Waals surface area (Å²) < 4.78 is 5.63. The van der Waals surface area contributed by atoms with Crippen LogP contribution in [0.15, 0.2) is 47.4 Å². The van der Waals surface area contributed by atoms with E-state index >= 15 is 0 Å². The summed E-state index contributed by atoms with van der Waals surface area (Å²) >= 11 is 0. The second kappa shape index (κ2) is 10.0. The molecular formula is C32H34N7O3. The van der Waals surface area contributed by atoms with Crippen LogP contribution >= 0.6 is 0 Å². The standard InChI is InChI=1S/C32H34N7O3/c1-20-25(8-6-10-27(20)38-13-12-37-28-9-5-4-7-22(28)16-29(37)32(38)42)23-15-26(31(41)35(3)18-23)33-30-17-24-19-36(21(2)40)11-14-39(24)34-30/h6,8,10,15-18H,1,4-5,7,9,11-14,19H2,2-3H3,(H,33,34). The normalized spacial score (nSPS) is 16.2. The summed E-state index contributed by atoms with van der Waals surface area (Å²) in [5, 5.41) is 7.82. The van der Waals surface area contributed by atoms with E-state index in [1.165, 1.54) is 24.1 Å². The van der Waals surface area contributed by atoms with E-state index in [2.05, 4.69) is 28.0 Å². The molecule has 3 aliphatic rings. The molecule has 7 rings (SSSR count). The van der Waals surface area contributed by atoms with Gasteiger partial charge in [0, 0.05) is 62.8 Å². The number of hydrogen-bond donors (Lipinski definition) is 1. The third kappa shape index (κ3) is 4.33. The largest absolute Gasteiger partial charge is 0.339 e. The molecule has 0 atom stereocenters. The average Bonchev–Trinajstić information content (AvgIpc) is 3.57. The van der Waals surface area contributed by atoms with Crippen LogP contribution in [0.3, 0.4) is 0 Å². The lowest BCUT2D eigenvalue weighted by atomic mass is 9.98. The molecular weight excluding hydrogens is 530 g/mol. The molecule has 42 heavy (non-hydrogen) atoms. The van der Waals surface area contributed by atoms with Crippen LogP contribution in [0, 0.1) is 6.92 Å². The molecule has 1 radical (unpaired) electrons. The van der Waals surface area contributed by atoms with Crippen molar-refractivity contribution in [2.45, 2.75) is 52.2 Å². The number of amides is 2. The van der Waals surface area contributed by atoms with E-state index in [9.17, 15) is 14.4 Å². The van der Waals surface area contributed by atoms with Gasteiger partial charge in [0.15, 0.2) is 5.82 Å². The molecule has 0 saturated carbocycles. The fourth-order valence-corrected chi connectivity index (χ4v) is 6.65. The average molecular weight is 565 g/mol. The summed E-state index contributed by atoms with van der Waals surface area (Å²) in [5.41, 5.74) is 7.69. The molecule has 2 aliphatic heterocycles. The number of carbonyl (C=O) groups excluding carboxylic acids is 2. The van der Waals surface area contributed by atoms with Crippen molar-refractivity contribution >= 4 is 29.0 Å². The highest BCUT2D eigenvalue weighted by Gasteiger charge is 2.31. The molecule has 0 spiro atoms. The van der Waals surface area contributed by atoms with Crippen molar-refractivity contribution in [2.24, 2.45) is 7.05 Å². The monoisotopic (exact) mass is 564 g/mol. The van der Waals surface area contributed by atoms with Crippen LogP contribution < -0.4 is 15.8 Å². The molecule has 1 aromatic carbocycles. The molecule has 0 saturated heterocycles. The van der Waals surface area contributed by atoms with Gasteiger partial charge in [-0.2, -0.15) is 5.10 Å². The third-order valence-corrected chi connectivity index (χ3v) is 8.86. The van der Waals surface area contributed by atoms with Crippen LogP contribution in [0.1, 0.15) is 52.8 Å². The maximum Gasteiger partial charge on any atom is 0.274 e. The van der Waals surface area contributed by atoms with Crippen molar-refractivity contribution in [3.8, 4) is 11.1 Å². The van der Waals surface area contributed by atoms with Gasteiger partial charge in [0.25, 0.3) is 11.5 Å². The van der Waals surface area contributed by atoms with Gasteiger partial charge in [-0.1, -0.05) is 12.1 Å². The zero-order chi connectivity index (χ0) is 29.1. The van der Waals surface area contributed by atoms with Gasteiger partial charge in [-0.3, -0.25) is 19.1 Å². The molecule has 2 amide bonds. The van der Waals surface area contributed by atoms with E-state index < -0.39 is 0 Å². The number of hydrogen-bond acceptors (Lipinski definition) is 5. The first-order valence-electron chi connectivity index (χ1n) is 14.6. The minimum absolute atomic E-state index is 0.00704. The Kier molecular flexibility index (Phi) is 6.29. The molecule has 0 unspecified atom stereocenters. The molecule has 4 aromatic rings. The van der Waals surface area contributed by atoms with E-state index in [0.29, 0.717) is 37.7 Å². The fourth-order valence-electron chi connectivity index (χ4n) is 6.65. The molecule has 215 valence electrons. The summed E-state index contributed by atoms with van der Waals surface area (Å²) in [6.07, 6.45) is 6.23. The molecule has 0 fully saturated rings. The molecule has 1 N–H and O–H groups in total. The number of benzene rings is 1. The first kappa shape index (κ1) is 26.3. The Hall–Kier alpha value is -4.60. The summed E-state index contributed by atoms with van der Waals surface area (Å²) in [6, 6.07) is 11.6. The zero-order valence-electron chi connectivity index (χ0n) is 24.0. The molecule has 10 nitrogen and oxygen atoms in total. The number of anilines is 3. The number of aromatic nitrogens is 4. The first-order valence-corrected chi connectivity index (χ1v) is 14.6. The van der Waals surface area contributed by atoms with Crippen LogP contribution in [0.5, 0.6) is 0 Å². The Morgan fingerprint density at radius 2 is 1.86 bits per heavy atom. The van der Waals surface area contributed by atoms with Gasteiger partial charge in [0.05, 0.1) is 18.8 Å². The Labute approximate surface area is 244 Å². The van der Waals surface area contributed by atoms with E-state index in [4.69, 9.17) is 0 Å². The number of aryl methyl sites for hydroxylation is 2. The van der Waals surface area contributed by atoms with Crippen molar-refractivity contribution < 1.29 is 9.59 Å². The predicted octanol–water partition coefficient (Wildman–Crippen LogP) is 3.88. The lowest BCUT2D eigenvalue weighted by molar-refractivity contribution is -0.130. The highest BCUT2D eigenvalue weighted by molar-refractivity contribution is 6.07. The van der Waals surface area contributed by atoms with Crippen molar-refractivity contribution in [3.63, 3.8) is 0 Å². The van der Waals surface area contributed by atoms with Gasteiger partial charge >= 0.3 is 0 Å². The van der Waals surface area contributed by atoms with E-state index in [0.717, 1.165) is 53.2 Å². The van der Waals surface area contributed by atoms with Crippen molar-refractivity contribution in [3.05, 3.63) is 88.1 Å². The highest BCUT2D eigenvalue weighted by Crippen LogP contribution is 2.35. The number of rotatable bonds is 4. The van der Waals surface area contributed by atoms with Crippen LogP contribution in [-0.2, 0) is 44.3 Å². The van der Waals surface area contributed by atoms with Gasteiger partial charge in [0.1, 0.15) is 11.4 Å². The van der Waals surface area contributed by atoms with Crippen molar-refractivity contribution in [1.82, 2.24) is 23.8 Å². The Balaban J connectivity index is 1.20. The van der Waals surface area contributed by atoms with Crippen LogP contribution in [0.25, 0.3) is 11.1 Å². The van der Waals surface area contributed by atoms with Crippen molar-refractivity contribution in [2.75, 3.05) is 23.3 Å². The summed E-state index contributed by atoms with van der Waals surface area (Å²) in [7, 11) is 1.72. The number of fused-ring (bicyclic) bond motifs is 4. The van der Waals surface area contributed by atoms with Crippen molar-refractivity contribution in [1.29, 1.82) is 0 Å². The van der Waals surface area contributed by atoms with Gasteiger partial charge in [-0.15, -0.1) is 0 Å². The number of nitrogens with zero attached hydrogens (tertiary/aromatic N) is 6. The van der Waals surface area contributed by atoms with E-state index in [-0.39, 0.29) is 17.4 Å². The summed E-state index contributed by atoms with van der Waals surface area (Å²) in [6.45, 7) is 9.03. The number of pyridine rings is 1. The van der Waals surface area contributed by atoms with Gasteiger partial charge in [-0.05, 0) is 67.5 Å². The number of carbonyl (C=O) groups is 2. The summed E-state index contributed by atoms with van der Waals surface area (Å²) in [5.74, 6) is 0.592. The quantitative estimate of drug-likeness (QED) is 0.406. The van der Waals surface area contributed by atoms with E-state index in [1.807, 2.05) is 39.9 Å². The lowest BCUT2D eigenvalue weighted by Crippen LogP contribution is -2.41. The second-order valence-corrected chi connectivity index (χ2v) is 11.5. The molecule has 3 aromatic heterocycles. The van der Waals surface area contributed by atoms with Gasteiger partial charge < -0.3 is 24.3 Å². The van der Waals surface area contributed by atoms with E-state index in [1.54, 1.807) is 29.6 Å². The lowest BCUT2D eigenvalue weighted by Gasteiger charge is -2.31. The van der Waals surface area contributed by atoms with Crippen LogP contribution in [-0.4, -0.2) is 48.7 Å². The molecule has 1 aliphatic carbocycles. The van der Waals surface area contributed by atoms with Crippen LogP contribution in [0.4, 0.5) is 17.2 Å². The molecule has 0 bridgehead atoms. The SMILES string of the molecule is [CH2]c1c(-c2cc(Nc3cc4n(n3)CCN(C(C)=O)C4)c(=O)n(C)c2)cccc1N1CCn2c(cc3c2CCCC3)C1=O. The highest BCUT2D eigenvalue weighted by atomic mass is 16.2. The Morgan fingerprint density at radius 1 is 1.02 bits per heavy atom. The second-order valence-electron chi connectivity index (χ2n) is 11.5. The Bertz CT molecular complexity index is 1810. The van der Waals surface area contributed by atoms with Gasteiger partial charge in [-0.25, -0.2) is 0 Å². The first-order chi connectivity index (χ1) is 20.3. The van der Waals surface area contributed by atoms with Gasteiger partial charge in [0.2, 0.25) is 5.91 Å². The maximum absolute atomic E-state index is 13.7. The topological polar surface area (TPSA) is 97.4 Å². The molecule has 10 heteroatoms. The Morgan fingerprint density at radius 3 is 2.69 bits per heavy atom. The predicted molar refractivity (Wildman–Crippen MR) is 161 cm³/mol. The fraction of sp³-hybridized carbons (Fsp3) is 0.344. The molecule has 5 heterocycles. The zero-order valence-corrected chi connectivity index (χ0v) is 24.0. The smallest absolute Gasteiger partial charge is 0.274 e. The minimum Gasteiger partial charge on any atom is -0.339 e. The number of nitrogens with one attached hydrogen (secondary N) is 1. The third-order valence-electron chi connectivity index (χ3n) is 8.86. The minimum atomic E-state index is -0.187. The summed E-state index contributed by atoms with van der Waals surface area (Å²) in [4.78, 5) is 42.3.